The Morgan fingerprint density at radius 3 is 2.27 bits per heavy atom. The minimum atomic E-state index is -4.73. The van der Waals surface area contributed by atoms with Crippen molar-refractivity contribution in [3.63, 3.8) is 0 Å². The van der Waals surface area contributed by atoms with Crippen LogP contribution in [0.25, 0.3) is 0 Å². The lowest BCUT2D eigenvalue weighted by Gasteiger charge is -2.33. The molecule has 0 bridgehead atoms. The van der Waals surface area contributed by atoms with Gasteiger partial charge in [0.2, 0.25) is 10.0 Å². The monoisotopic (exact) mass is 333 g/mol. The van der Waals surface area contributed by atoms with E-state index in [1.54, 1.807) is 4.90 Å². The SMILES string of the molecule is N#CCN1CCN(S(=O)(=O)c2ccccc2C(F)(F)F)CC1. The molecular weight excluding hydrogens is 319 g/mol. The van der Waals surface area contributed by atoms with E-state index in [0.717, 1.165) is 22.5 Å². The molecule has 1 aliphatic heterocycles. The minimum absolute atomic E-state index is 0.0657. The van der Waals surface area contributed by atoms with Gasteiger partial charge in [0.15, 0.2) is 0 Å². The second-order valence-corrected chi connectivity index (χ2v) is 6.74. The Bertz CT molecular complexity index is 675. The number of sulfonamides is 1. The van der Waals surface area contributed by atoms with Crippen molar-refractivity contribution < 1.29 is 21.6 Å². The van der Waals surface area contributed by atoms with Gasteiger partial charge in [-0.25, -0.2) is 8.42 Å². The number of rotatable bonds is 3. The number of alkyl halides is 3. The van der Waals surface area contributed by atoms with Crippen LogP contribution in [-0.4, -0.2) is 50.3 Å². The fraction of sp³-hybridized carbons (Fsp3) is 0.462. The molecule has 1 aromatic rings. The Kier molecular flexibility index (Phi) is 4.75. The molecule has 2 rings (SSSR count). The zero-order valence-corrected chi connectivity index (χ0v) is 12.4. The zero-order chi connectivity index (χ0) is 16.4. The molecule has 1 heterocycles. The van der Waals surface area contributed by atoms with E-state index in [4.69, 9.17) is 5.26 Å². The van der Waals surface area contributed by atoms with Crippen molar-refractivity contribution in [3.05, 3.63) is 29.8 Å². The largest absolute Gasteiger partial charge is 0.417 e. The Balaban J connectivity index is 2.28. The molecule has 0 N–H and O–H groups in total. The number of nitriles is 1. The third-order valence-electron chi connectivity index (χ3n) is 3.44. The third-order valence-corrected chi connectivity index (χ3v) is 5.39. The average Bonchev–Trinajstić information content (AvgIpc) is 2.47. The van der Waals surface area contributed by atoms with Crippen LogP contribution in [0.5, 0.6) is 0 Å². The van der Waals surface area contributed by atoms with Crippen molar-refractivity contribution in [2.24, 2.45) is 0 Å². The van der Waals surface area contributed by atoms with Gasteiger partial charge in [-0.15, -0.1) is 0 Å². The highest BCUT2D eigenvalue weighted by atomic mass is 32.2. The summed E-state index contributed by atoms with van der Waals surface area (Å²) in [5, 5.41) is 8.60. The molecule has 120 valence electrons. The number of benzene rings is 1. The molecule has 0 spiro atoms. The average molecular weight is 333 g/mol. The maximum Gasteiger partial charge on any atom is 0.417 e. The van der Waals surface area contributed by atoms with Crippen LogP contribution in [-0.2, 0) is 16.2 Å². The molecule has 0 radical (unpaired) electrons. The second kappa shape index (κ2) is 6.24. The Morgan fingerprint density at radius 1 is 1.14 bits per heavy atom. The first kappa shape index (κ1) is 16.7. The van der Waals surface area contributed by atoms with Crippen molar-refractivity contribution >= 4 is 10.0 Å². The molecule has 1 aromatic carbocycles. The molecular formula is C13H14F3N3O2S. The lowest BCUT2D eigenvalue weighted by Crippen LogP contribution is -2.48. The molecule has 0 atom stereocenters. The van der Waals surface area contributed by atoms with E-state index in [1.807, 2.05) is 6.07 Å². The van der Waals surface area contributed by atoms with E-state index in [2.05, 4.69) is 0 Å². The summed E-state index contributed by atoms with van der Waals surface area (Å²) in [6, 6.07) is 6.13. The highest BCUT2D eigenvalue weighted by Gasteiger charge is 2.39. The normalized spacial score (nSPS) is 18.1. The smallest absolute Gasteiger partial charge is 0.288 e. The van der Waals surface area contributed by atoms with Crippen LogP contribution < -0.4 is 0 Å². The predicted molar refractivity (Wildman–Crippen MR) is 72.3 cm³/mol. The quantitative estimate of drug-likeness (QED) is 0.787. The van der Waals surface area contributed by atoms with Gasteiger partial charge in [-0.2, -0.15) is 22.7 Å². The molecule has 0 aromatic heterocycles. The topological polar surface area (TPSA) is 64.4 Å². The molecule has 1 aliphatic rings. The van der Waals surface area contributed by atoms with Gasteiger partial charge in [0, 0.05) is 26.2 Å². The molecule has 22 heavy (non-hydrogen) atoms. The maximum atomic E-state index is 13.0. The van der Waals surface area contributed by atoms with E-state index < -0.39 is 26.7 Å². The number of hydrogen-bond acceptors (Lipinski definition) is 4. The lowest BCUT2D eigenvalue weighted by molar-refractivity contribution is -0.139. The number of piperazine rings is 1. The van der Waals surface area contributed by atoms with E-state index in [9.17, 15) is 21.6 Å². The van der Waals surface area contributed by atoms with Crippen LogP contribution in [0.1, 0.15) is 5.56 Å². The molecule has 9 heteroatoms. The van der Waals surface area contributed by atoms with Crippen LogP contribution in [0.15, 0.2) is 29.2 Å². The molecule has 0 unspecified atom stereocenters. The fourth-order valence-electron chi connectivity index (χ4n) is 2.29. The summed E-state index contributed by atoms with van der Waals surface area (Å²) < 4.78 is 64.9. The highest BCUT2D eigenvalue weighted by Crippen LogP contribution is 2.35. The first-order chi connectivity index (χ1) is 10.3. The van der Waals surface area contributed by atoms with Crippen LogP contribution >= 0.6 is 0 Å². The van der Waals surface area contributed by atoms with Crippen molar-refractivity contribution in [3.8, 4) is 6.07 Å². The summed E-state index contributed by atoms with van der Waals surface area (Å²) >= 11 is 0. The number of hydrogen-bond donors (Lipinski definition) is 0. The Hall–Kier alpha value is -1.63. The van der Waals surface area contributed by atoms with Gasteiger partial charge in [0.05, 0.1) is 23.1 Å². The van der Waals surface area contributed by atoms with Gasteiger partial charge in [-0.05, 0) is 12.1 Å². The maximum absolute atomic E-state index is 13.0. The molecule has 0 saturated carbocycles. The molecule has 1 fully saturated rings. The molecule has 1 saturated heterocycles. The summed E-state index contributed by atoms with van der Waals surface area (Å²) in [6.45, 7) is 0.946. The van der Waals surface area contributed by atoms with Gasteiger partial charge in [-0.1, -0.05) is 12.1 Å². The fourth-order valence-corrected chi connectivity index (χ4v) is 3.93. The number of halogens is 3. The molecule has 5 nitrogen and oxygen atoms in total. The van der Waals surface area contributed by atoms with E-state index >= 15 is 0 Å². The lowest BCUT2D eigenvalue weighted by atomic mass is 10.2. The van der Waals surface area contributed by atoms with E-state index in [-0.39, 0.29) is 19.6 Å². The second-order valence-electron chi connectivity index (χ2n) is 4.83. The Morgan fingerprint density at radius 2 is 1.73 bits per heavy atom. The van der Waals surface area contributed by atoms with Crippen molar-refractivity contribution in [2.75, 3.05) is 32.7 Å². The van der Waals surface area contributed by atoms with Gasteiger partial charge in [0.25, 0.3) is 0 Å². The van der Waals surface area contributed by atoms with Crippen molar-refractivity contribution in [1.29, 1.82) is 5.26 Å². The first-order valence-electron chi connectivity index (χ1n) is 6.52. The van der Waals surface area contributed by atoms with Gasteiger partial charge in [0.1, 0.15) is 0 Å². The highest BCUT2D eigenvalue weighted by molar-refractivity contribution is 7.89. The van der Waals surface area contributed by atoms with Crippen LogP contribution in [0.2, 0.25) is 0 Å². The zero-order valence-electron chi connectivity index (χ0n) is 11.5. The van der Waals surface area contributed by atoms with Crippen molar-refractivity contribution in [2.45, 2.75) is 11.1 Å². The number of nitrogens with zero attached hydrogens (tertiary/aromatic N) is 3. The van der Waals surface area contributed by atoms with Gasteiger partial charge in [-0.3, -0.25) is 4.90 Å². The van der Waals surface area contributed by atoms with Crippen molar-refractivity contribution in [1.82, 2.24) is 9.21 Å². The van der Waals surface area contributed by atoms with E-state index in [0.29, 0.717) is 13.1 Å². The minimum Gasteiger partial charge on any atom is -0.288 e. The Labute approximate surface area is 126 Å². The summed E-state index contributed by atoms with van der Waals surface area (Å²) in [7, 11) is -4.21. The van der Waals surface area contributed by atoms with Crippen LogP contribution in [0.3, 0.4) is 0 Å². The summed E-state index contributed by atoms with van der Waals surface area (Å²) in [6.07, 6.45) is -4.73. The van der Waals surface area contributed by atoms with Gasteiger partial charge < -0.3 is 0 Å². The molecule has 0 amide bonds. The summed E-state index contributed by atoms with van der Waals surface area (Å²) in [5.41, 5.74) is -1.16. The van der Waals surface area contributed by atoms with Crippen LogP contribution in [0.4, 0.5) is 13.2 Å². The van der Waals surface area contributed by atoms with Crippen LogP contribution in [0, 0.1) is 11.3 Å². The third kappa shape index (κ3) is 3.40. The molecule has 0 aliphatic carbocycles. The predicted octanol–water partition coefficient (Wildman–Crippen LogP) is 1.54. The first-order valence-corrected chi connectivity index (χ1v) is 7.96. The summed E-state index contributed by atoms with van der Waals surface area (Å²) in [5.74, 6) is 0. The van der Waals surface area contributed by atoms with Gasteiger partial charge >= 0.3 is 6.18 Å². The standard InChI is InChI=1S/C13H14F3N3O2S/c14-13(15,16)11-3-1-2-4-12(11)22(20,21)19-9-7-18(6-5-17)8-10-19/h1-4H,6-10H2. The van der Waals surface area contributed by atoms with E-state index in [1.165, 1.54) is 6.07 Å². The summed E-state index contributed by atoms with van der Waals surface area (Å²) in [4.78, 5) is 1.03.